The predicted octanol–water partition coefficient (Wildman–Crippen LogP) is 1.83. The van der Waals surface area contributed by atoms with E-state index in [0.29, 0.717) is 11.7 Å². The van der Waals surface area contributed by atoms with Gasteiger partial charge in [0, 0.05) is 6.61 Å². The summed E-state index contributed by atoms with van der Waals surface area (Å²) in [6.45, 7) is 1.39. The van der Waals surface area contributed by atoms with E-state index < -0.39 is 0 Å². The van der Waals surface area contributed by atoms with Gasteiger partial charge < -0.3 is 10.5 Å². The molecule has 2 rings (SSSR count). The normalized spacial score (nSPS) is 16.9. The van der Waals surface area contributed by atoms with Gasteiger partial charge in [0.1, 0.15) is 11.6 Å². The van der Waals surface area contributed by atoms with Gasteiger partial charge in [-0.15, -0.1) is 10.2 Å². The van der Waals surface area contributed by atoms with E-state index in [9.17, 15) is 0 Å². The first kappa shape index (κ1) is 9.86. The molecule has 0 bridgehead atoms. The van der Waals surface area contributed by atoms with Gasteiger partial charge in [0.05, 0.1) is 0 Å². The summed E-state index contributed by atoms with van der Waals surface area (Å²) >= 11 is 1.40. The van der Waals surface area contributed by atoms with Gasteiger partial charge in [0.25, 0.3) is 0 Å². The lowest BCUT2D eigenvalue weighted by Crippen LogP contribution is -2.13. The first-order valence-corrected chi connectivity index (χ1v) is 5.82. The summed E-state index contributed by atoms with van der Waals surface area (Å²) in [5.74, 6) is 0.912. The molecule has 0 saturated heterocycles. The van der Waals surface area contributed by atoms with Gasteiger partial charge in [-0.2, -0.15) is 0 Å². The minimum absolute atomic E-state index is 0.516. The van der Waals surface area contributed by atoms with E-state index in [1.165, 1.54) is 37.0 Å². The second-order valence-corrected chi connectivity index (χ2v) is 4.77. The molecule has 1 aliphatic carbocycles. The average molecular weight is 213 g/mol. The Kier molecular flexibility index (Phi) is 3.31. The van der Waals surface area contributed by atoms with E-state index in [2.05, 4.69) is 10.2 Å². The molecule has 5 heteroatoms. The Balaban J connectivity index is 1.58. The number of aromatic nitrogens is 2. The van der Waals surface area contributed by atoms with Crippen molar-refractivity contribution in [3.05, 3.63) is 5.01 Å². The second kappa shape index (κ2) is 4.70. The number of hydrogen-bond donors (Lipinski definition) is 1. The Bertz CT molecular complexity index is 285. The summed E-state index contributed by atoms with van der Waals surface area (Å²) in [6.07, 6.45) is 5.36. The highest BCUT2D eigenvalue weighted by Gasteiger charge is 2.16. The largest absolute Gasteiger partial charge is 0.374 e. The maximum absolute atomic E-state index is 5.49. The van der Waals surface area contributed by atoms with Crippen LogP contribution in [-0.2, 0) is 11.3 Å². The van der Waals surface area contributed by atoms with Crippen LogP contribution >= 0.6 is 11.3 Å². The Labute approximate surface area is 87.5 Å². The Morgan fingerprint density at radius 3 is 2.86 bits per heavy atom. The molecule has 0 aromatic carbocycles. The number of nitrogens with zero attached hydrogens (tertiary/aromatic N) is 2. The van der Waals surface area contributed by atoms with Crippen molar-refractivity contribution in [1.82, 2.24) is 10.2 Å². The van der Waals surface area contributed by atoms with E-state index >= 15 is 0 Å². The van der Waals surface area contributed by atoms with E-state index in [4.69, 9.17) is 10.5 Å². The molecule has 1 aliphatic rings. The van der Waals surface area contributed by atoms with Gasteiger partial charge in [-0.3, -0.25) is 0 Å². The lowest BCUT2D eigenvalue weighted by molar-refractivity contribution is 0.0945. The van der Waals surface area contributed by atoms with Gasteiger partial charge in [-0.05, 0) is 12.3 Å². The molecule has 4 nitrogen and oxygen atoms in total. The third-order valence-corrected chi connectivity index (χ3v) is 3.33. The molecule has 1 fully saturated rings. The molecule has 0 aliphatic heterocycles. The molecule has 1 heterocycles. The minimum atomic E-state index is 0.516. The first-order chi connectivity index (χ1) is 6.84. The average Bonchev–Trinajstić information content (AvgIpc) is 2.48. The highest BCUT2D eigenvalue weighted by Crippen LogP contribution is 2.29. The molecule has 14 heavy (non-hydrogen) atoms. The molecular formula is C9H15N3OS. The topological polar surface area (TPSA) is 61.0 Å². The maximum atomic E-state index is 5.49. The fourth-order valence-corrected chi connectivity index (χ4v) is 2.06. The quantitative estimate of drug-likeness (QED) is 0.758. The van der Waals surface area contributed by atoms with Gasteiger partial charge in [0.15, 0.2) is 0 Å². The minimum Gasteiger partial charge on any atom is -0.374 e. The van der Waals surface area contributed by atoms with Crippen LogP contribution in [0.5, 0.6) is 0 Å². The molecule has 1 aromatic heterocycles. The van der Waals surface area contributed by atoms with Crippen LogP contribution in [0.3, 0.4) is 0 Å². The fourth-order valence-electron chi connectivity index (χ4n) is 1.52. The van der Waals surface area contributed by atoms with E-state index in [1.54, 1.807) is 0 Å². The van der Waals surface area contributed by atoms with Crippen molar-refractivity contribution in [3.8, 4) is 0 Å². The zero-order valence-corrected chi connectivity index (χ0v) is 8.92. The SMILES string of the molecule is Nc1nnc(COCCC2CCC2)s1. The lowest BCUT2D eigenvalue weighted by atomic mass is 9.83. The number of nitrogen functional groups attached to an aromatic ring is 1. The van der Waals surface area contributed by atoms with E-state index in [-0.39, 0.29) is 0 Å². The van der Waals surface area contributed by atoms with Gasteiger partial charge in [-0.1, -0.05) is 30.6 Å². The Hall–Kier alpha value is -0.680. The molecule has 0 radical (unpaired) electrons. The monoisotopic (exact) mass is 213 g/mol. The summed E-state index contributed by atoms with van der Waals surface area (Å²) in [7, 11) is 0. The number of ether oxygens (including phenoxy) is 1. The Morgan fingerprint density at radius 2 is 2.29 bits per heavy atom. The number of rotatable bonds is 5. The fraction of sp³-hybridized carbons (Fsp3) is 0.778. The summed E-state index contributed by atoms with van der Waals surface area (Å²) in [5.41, 5.74) is 5.45. The van der Waals surface area contributed by atoms with E-state index in [1.807, 2.05) is 0 Å². The van der Waals surface area contributed by atoms with Gasteiger partial charge in [-0.25, -0.2) is 0 Å². The molecule has 0 amide bonds. The smallest absolute Gasteiger partial charge is 0.203 e. The van der Waals surface area contributed by atoms with Crippen molar-refractivity contribution >= 4 is 16.5 Å². The van der Waals surface area contributed by atoms with Crippen molar-refractivity contribution in [2.75, 3.05) is 12.3 Å². The Morgan fingerprint density at radius 1 is 1.43 bits per heavy atom. The van der Waals surface area contributed by atoms with Gasteiger partial charge >= 0.3 is 0 Å². The van der Waals surface area contributed by atoms with Crippen molar-refractivity contribution in [2.24, 2.45) is 5.92 Å². The summed E-state index contributed by atoms with van der Waals surface area (Å²) < 4.78 is 5.49. The standard InChI is InChI=1S/C9H15N3OS/c10-9-12-11-8(14-9)6-13-5-4-7-2-1-3-7/h7H,1-6H2,(H2,10,12). The number of nitrogens with two attached hydrogens (primary N) is 1. The summed E-state index contributed by atoms with van der Waals surface area (Å²) in [4.78, 5) is 0. The summed E-state index contributed by atoms with van der Waals surface area (Å²) in [5, 5.41) is 9.00. The third-order valence-electron chi connectivity index (χ3n) is 2.60. The van der Waals surface area contributed by atoms with Crippen LogP contribution in [0, 0.1) is 5.92 Å². The highest BCUT2D eigenvalue weighted by molar-refractivity contribution is 7.15. The first-order valence-electron chi connectivity index (χ1n) is 5.00. The van der Waals surface area contributed by atoms with Crippen LogP contribution in [0.4, 0.5) is 5.13 Å². The molecule has 2 N–H and O–H groups in total. The van der Waals surface area contributed by atoms with Crippen molar-refractivity contribution in [3.63, 3.8) is 0 Å². The highest BCUT2D eigenvalue weighted by atomic mass is 32.1. The van der Waals surface area contributed by atoms with E-state index in [0.717, 1.165) is 17.5 Å². The van der Waals surface area contributed by atoms with Crippen LogP contribution in [0.15, 0.2) is 0 Å². The second-order valence-electron chi connectivity index (χ2n) is 3.67. The molecule has 1 saturated carbocycles. The number of anilines is 1. The number of hydrogen-bond acceptors (Lipinski definition) is 5. The third kappa shape index (κ3) is 2.65. The zero-order chi connectivity index (χ0) is 9.80. The molecule has 78 valence electrons. The maximum Gasteiger partial charge on any atom is 0.203 e. The van der Waals surface area contributed by atoms with Crippen LogP contribution in [0.25, 0.3) is 0 Å². The van der Waals surface area contributed by atoms with Crippen molar-refractivity contribution in [2.45, 2.75) is 32.3 Å². The van der Waals surface area contributed by atoms with Crippen LogP contribution < -0.4 is 5.73 Å². The predicted molar refractivity (Wildman–Crippen MR) is 55.9 cm³/mol. The van der Waals surface area contributed by atoms with Crippen molar-refractivity contribution < 1.29 is 4.74 Å². The van der Waals surface area contributed by atoms with Gasteiger partial charge in [0.2, 0.25) is 5.13 Å². The van der Waals surface area contributed by atoms with Crippen molar-refractivity contribution in [1.29, 1.82) is 0 Å². The lowest BCUT2D eigenvalue weighted by Gasteiger charge is -2.24. The van der Waals surface area contributed by atoms with Crippen LogP contribution in [-0.4, -0.2) is 16.8 Å². The zero-order valence-electron chi connectivity index (χ0n) is 8.11. The van der Waals surface area contributed by atoms with Crippen LogP contribution in [0.2, 0.25) is 0 Å². The molecule has 0 atom stereocenters. The molecule has 0 unspecified atom stereocenters. The summed E-state index contributed by atoms with van der Waals surface area (Å²) in [6, 6.07) is 0. The molecule has 0 spiro atoms. The van der Waals surface area contributed by atoms with Crippen LogP contribution in [0.1, 0.15) is 30.7 Å². The molecular weight excluding hydrogens is 198 g/mol. The molecule has 1 aromatic rings.